The minimum atomic E-state index is -0.628. The summed E-state index contributed by atoms with van der Waals surface area (Å²) in [7, 11) is 1.61. The summed E-state index contributed by atoms with van der Waals surface area (Å²) in [4.78, 5) is 0. The summed E-state index contributed by atoms with van der Waals surface area (Å²) in [5.41, 5.74) is 2.85. The topological polar surface area (TPSA) is 41.5 Å². The van der Waals surface area contributed by atoms with E-state index in [2.05, 4.69) is 21.2 Å². The van der Waals surface area contributed by atoms with Crippen molar-refractivity contribution in [2.24, 2.45) is 0 Å². The molecule has 1 unspecified atom stereocenters. The highest BCUT2D eigenvalue weighted by atomic mass is 79.9. The molecule has 0 fully saturated rings. The Morgan fingerprint density at radius 3 is 2.70 bits per heavy atom. The molecule has 0 aliphatic heterocycles. The lowest BCUT2D eigenvalue weighted by atomic mass is 10.1. The first-order chi connectivity index (χ1) is 9.61. The molecule has 3 nitrogen and oxygen atoms in total. The molecule has 2 aromatic rings. The van der Waals surface area contributed by atoms with Gasteiger partial charge in [-0.15, -0.1) is 0 Å². The molecule has 0 spiro atoms. The van der Waals surface area contributed by atoms with Crippen LogP contribution in [-0.4, -0.2) is 18.8 Å². The SMILES string of the molecule is COc1ccc(C)cc1C(O)CNc1ccccc1Br. The van der Waals surface area contributed by atoms with Crippen LogP contribution in [0.25, 0.3) is 0 Å². The first-order valence-electron chi connectivity index (χ1n) is 6.43. The lowest BCUT2D eigenvalue weighted by Crippen LogP contribution is -2.13. The minimum absolute atomic E-state index is 0.419. The molecule has 0 aliphatic rings. The second kappa shape index (κ2) is 6.77. The third-order valence-electron chi connectivity index (χ3n) is 3.10. The highest BCUT2D eigenvalue weighted by Crippen LogP contribution is 2.27. The van der Waals surface area contributed by atoms with Gasteiger partial charge in [-0.1, -0.05) is 23.8 Å². The first-order valence-corrected chi connectivity index (χ1v) is 7.22. The first kappa shape index (κ1) is 14.9. The maximum absolute atomic E-state index is 10.4. The fourth-order valence-electron chi connectivity index (χ4n) is 2.04. The van der Waals surface area contributed by atoms with Crippen LogP contribution in [0.2, 0.25) is 0 Å². The smallest absolute Gasteiger partial charge is 0.124 e. The van der Waals surface area contributed by atoms with Gasteiger partial charge < -0.3 is 15.2 Å². The summed E-state index contributed by atoms with van der Waals surface area (Å²) in [6, 6.07) is 13.6. The number of anilines is 1. The van der Waals surface area contributed by atoms with E-state index in [0.29, 0.717) is 12.3 Å². The van der Waals surface area contributed by atoms with Crippen LogP contribution in [0, 0.1) is 6.92 Å². The predicted molar refractivity (Wildman–Crippen MR) is 85.3 cm³/mol. The maximum Gasteiger partial charge on any atom is 0.124 e. The summed E-state index contributed by atoms with van der Waals surface area (Å²) in [6.07, 6.45) is -0.628. The second-order valence-corrected chi connectivity index (χ2v) is 5.48. The molecule has 2 aromatic carbocycles. The lowest BCUT2D eigenvalue weighted by Gasteiger charge is -2.17. The van der Waals surface area contributed by atoms with Crippen molar-refractivity contribution in [3.63, 3.8) is 0 Å². The van der Waals surface area contributed by atoms with Crippen molar-refractivity contribution < 1.29 is 9.84 Å². The number of hydrogen-bond acceptors (Lipinski definition) is 3. The minimum Gasteiger partial charge on any atom is -0.496 e. The number of benzene rings is 2. The third-order valence-corrected chi connectivity index (χ3v) is 3.80. The summed E-state index contributed by atoms with van der Waals surface area (Å²) in [5.74, 6) is 0.706. The van der Waals surface area contributed by atoms with E-state index in [1.54, 1.807) is 7.11 Å². The summed E-state index contributed by atoms with van der Waals surface area (Å²) in [5, 5.41) is 13.6. The van der Waals surface area contributed by atoms with Gasteiger partial charge in [0.05, 0.1) is 13.2 Å². The zero-order valence-electron chi connectivity index (χ0n) is 11.6. The summed E-state index contributed by atoms with van der Waals surface area (Å²) in [6.45, 7) is 2.42. The van der Waals surface area contributed by atoms with Gasteiger partial charge >= 0.3 is 0 Å². The molecule has 0 amide bonds. The lowest BCUT2D eigenvalue weighted by molar-refractivity contribution is 0.187. The van der Waals surface area contributed by atoms with Gasteiger partial charge in [0.15, 0.2) is 0 Å². The number of aliphatic hydroxyl groups is 1. The van der Waals surface area contributed by atoms with Crippen LogP contribution in [0.15, 0.2) is 46.9 Å². The Morgan fingerprint density at radius 1 is 1.25 bits per heavy atom. The Morgan fingerprint density at radius 2 is 2.00 bits per heavy atom. The Labute approximate surface area is 127 Å². The molecule has 0 saturated carbocycles. The van der Waals surface area contributed by atoms with Crippen molar-refractivity contribution in [2.75, 3.05) is 19.0 Å². The van der Waals surface area contributed by atoms with Gasteiger partial charge in [-0.05, 0) is 47.1 Å². The van der Waals surface area contributed by atoms with Crippen LogP contribution < -0.4 is 10.1 Å². The Kier molecular flexibility index (Phi) is 5.04. The van der Waals surface area contributed by atoms with Crippen LogP contribution in [0.5, 0.6) is 5.75 Å². The standard InChI is InChI=1S/C16H18BrNO2/c1-11-7-8-16(20-2)12(9-11)15(19)10-18-14-6-4-3-5-13(14)17/h3-9,15,18-19H,10H2,1-2H3. The van der Waals surface area contributed by atoms with Gasteiger partial charge in [0, 0.05) is 22.3 Å². The molecule has 1 atom stereocenters. The number of para-hydroxylation sites is 1. The number of hydrogen-bond donors (Lipinski definition) is 2. The number of aryl methyl sites for hydroxylation is 1. The van der Waals surface area contributed by atoms with Crippen molar-refractivity contribution in [3.05, 3.63) is 58.1 Å². The molecular weight excluding hydrogens is 318 g/mol. The fourth-order valence-corrected chi connectivity index (χ4v) is 2.46. The van der Waals surface area contributed by atoms with Crippen molar-refractivity contribution in [1.82, 2.24) is 0 Å². The quantitative estimate of drug-likeness (QED) is 0.870. The van der Waals surface area contributed by atoms with E-state index >= 15 is 0 Å². The van der Waals surface area contributed by atoms with Gasteiger partial charge in [0.1, 0.15) is 5.75 Å². The van der Waals surface area contributed by atoms with Crippen LogP contribution in [0.4, 0.5) is 5.69 Å². The molecule has 2 N–H and O–H groups in total. The largest absolute Gasteiger partial charge is 0.496 e. The monoisotopic (exact) mass is 335 g/mol. The van der Waals surface area contributed by atoms with Crippen molar-refractivity contribution in [3.8, 4) is 5.75 Å². The van der Waals surface area contributed by atoms with Gasteiger partial charge in [0.25, 0.3) is 0 Å². The van der Waals surface area contributed by atoms with Gasteiger partial charge in [-0.25, -0.2) is 0 Å². The molecule has 0 bridgehead atoms. The van der Waals surface area contributed by atoms with Gasteiger partial charge in [-0.3, -0.25) is 0 Å². The van der Waals surface area contributed by atoms with E-state index in [1.165, 1.54) is 0 Å². The highest BCUT2D eigenvalue weighted by molar-refractivity contribution is 9.10. The number of ether oxygens (including phenoxy) is 1. The van der Waals surface area contributed by atoms with E-state index in [0.717, 1.165) is 21.3 Å². The van der Waals surface area contributed by atoms with E-state index in [-0.39, 0.29) is 0 Å². The maximum atomic E-state index is 10.4. The zero-order chi connectivity index (χ0) is 14.5. The molecule has 0 aromatic heterocycles. The average molecular weight is 336 g/mol. The molecule has 2 rings (SSSR count). The third kappa shape index (κ3) is 3.52. The molecule has 0 saturated heterocycles. The van der Waals surface area contributed by atoms with E-state index in [1.807, 2.05) is 49.4 Å². The van der Waals surface area contributed by atoms with E-state index in [9.17, 15) is 5.11 Å². The van der Waals surface area contributed by atoms with E-state index < -0.39 is 6.10 Å². The number of halogens is 1. The number of methoxy groups -OCH3 is 1. The highest BCUT2D eigenvalue weighted by Gasteiger charge is 2.13. The Bertz CT molecular complexity index is 586. The molecule has 0 heterocycles. The van der Waals surface area contributed by atoms with Crippen LogP contribution in [0.1, 0.15) is 17.2 Å². The fraction of sp³-hybridized carbons (Fsp3) is 0.250. The molecule has 0 aliphatic carbocycles. The molecular formula is C16H18BrNO2. The molecule has 4 heteroatoms. The summed E-state index contributed by atoms with van der Waals surface area (Å²) >= 11 is 3.47. The van der Waals surface area contributed by atoms with Gasteiger partial charge in [-0.2, -0.15) is 0 Å². The second-order valence-electron chi connectivity index (χ2n) is 4.62. The average Bonchev–Trinajstić information content (AvgIpc) is 2.46. The van der Waals surface area contributed by atoms with Crippen molar-refractivity contribution >= 4 is 21.6 Å². The Hall–Kier alpha value is -1.52. The van der Waals surface area contributed by atoms with Gasteiger partial charge in [0.2, 0.25) is 0 Å². The van der Waals surface area contributed by atoms with Crippen LogP contribution >= 0.6 is 15.9 Å². The molecule has 106 valence electrons. The number of nitrogens with one attached hydrogen (secondary N) is 1. The molecule has 20 heavy (non-hydrogen) atoms. The van der Waals surface area contributed by atoms with Crippen LogP contribution in [0.3, 0.4) is 0 Å². The number of aliphatic hydroxyl groups excluding tert-OH is 1. The zero-order valence-corrected chi connectivity index (χ0v) is 13.1. The normalized spacial score (nSPS) is 12.0. The number of rotatable bonds is 5. The van der Waals surface area contributed by atoms with Crippen LogP contribution in [-0.2, 0) is 0 Å². The predicted octanol–water partition coefficient (Wildman–Crippen LogP) is 3.91. The molecule has 0 radical (unpaired) electrons. The summed E-state index contributed by atoms with van der Waals surface area (Å²) < 4.78 is 6.28. The Balaban J connectivity index is 2.11. The van der Waals surface area contributed by atoms with Crippen molar-refractivity contribution in [2.45, 2.75) is 13.0 Å². The van der Waals surface area contributed by atoms with E-state index in [4.69, 9.17) is 4.74 Å². The van der Waals surface area contributed by atoms with Crippen molar-refractivity contribution in [1.29, 1.82) is 0 Å².